The van der Waals surface area contributed by atoms with Gasteiger partial charge in [-0.05, 0) is 127 Å². The zero-order valence-electron chi connectivity index (χ0n) is 38.4. The van der Waals surface area contributed by atoms with E-state index < -0.39 is 0 Å². The molecule has 306 valence electrons. The number of nitrogens with zero attached hydrogens (tertiary/aromatic N) is 2. The standard InChI is InChI=1S/C58H61BN2/c1-38-32-52-54-53(33-38)61(49-31-28-42(56(5,6)7)35-46(49)39-20-15-13-16-21-39)51-37-44(58(11,12)40-22-17-14-18-23-40)27-30-48(51)59(54)47-29-26-43(57(8,9)10)36-50(47)60(52)45-25-19-24-41(34-45)55(2,3)4/h13-37H,1-12H3. The smallest absolute Gasteiger partial charge is 0.252 e. The first kappa shape index (κ1) is 40.6. The minimum atomic E-state index is -0.223. The summed E-state index contributed by atoms with van der Waals surface area (Å²) in [5.74, 6) is 0. The highest BCUT2D eigenvalue weighted by molar-refractivity contribution is 7.00. The zero-order chi connectivity index (χ0) is 43.2. The molecule has 0 amide bonds. The summed E-state index contributed by atoms with van der Waals surface area (Å²) in [6.45, 7) is 27.9. The Bertz CT molecular complexity index is 2790. The largest absolute Gasteiger partial charge is 0.311 e. The second-order valence-corrected chi connectivity index (χ2v) is 21.3. The molecule has 7 aromatic carbocycles. The van der Waals surface area contributed by atoms with Gasteiger partial charge in [-0.25, -0.2) is 0 Å². The van der Waals surface area contributed by atoms with E-state index in [1.165, 1.54) is 95.0 Å². The molecule has 0 fully saturated rings. The van der Waals surface area contributed by atoms with Crippen molar-refractivity contribution in [3.8, 4) is 11.1 Å². The highest BCUT2D eigenvalue weighted by Gasteiger charge is 2.45. The summed E-state index contributed by atoms with van der Waals surface area (Å²) < 4.78 is 0. The molecule has 61 heavy (non-hydrogen) atoms. The molecule has 0 atom stereocenters. The first-order valence-corrected chi connectivity index (χ1v) is 22.2. The first-order valence-electron chi connectivity index (χ1n) is 22.2. The molecule has 0 saturated carbocycles. The summed E-state index contributed by atoms with van der Waals surface area (Å²) in [6, 6.07) is 58.1. The van der Waals surface area contributed by atoms with Crippen LogP contribution in [0.25, 0.3) is 11.1 Å². The second kappa shape index (κ2) is 14.4. The van der Waals surface area contributed by atoms with Crippen LogP contribution in [0.15, 0.2) is 152 Å². The van der Waals surface area contributed by atoms with Crippen molar-refractivity contribution >= 4 is 57.2 Å². The molecule has 0 bridgehead atoms. The van der Waals surface area contributed by atoms with Crippen LogP contribution in [0.2, 0.25) is 0 Å². The predicted molar refractivity (Wildman–Crippen MR) is 265 cm³/mol. The van der Waals surface area contributed by atoms with Crippen LogP contribution in [0.5, 0.6) is 0 Å². The maximum Gasteiger partial charge on any atom is 0.252 e. The Morgan fingerprint density at radius 1 is 0.377 bits per heavy atom. The minimum Gasteiger partial charge on any atom is -0.311 e. The van der Waals surface area contributed by atoms with Gasteiger partial charge in [0.15, 0.2) is 0 Å². The molecule has 0 saturated heterocycles. The van der Waals surface area contributed by atoms with Crippen LogP contribution in [0.4, 0.5) is 34.1 Å². The average Bonchev–Trinajstić information content (AvgIpc) is 3.22. The fourth-order valence-electron chi connectivity index (χ4n) is 9.70. The lowest BCUT2D eigenvalue weighted by atomic mass is 9.33. The number of hydrogen-bond donors (Lipinski definition) is 0. The number of fused-ring (bicyclic) bond motifs is 4. The van der Waals surface area contributed by atoms with Gasteiger partial charge in [-0.3, -0.25) is 0 Å². The van der Waals surface area contributed by atoms with Crippen LogP contribution in [0.3, 0.4) is 0 Å². The lowest BCUT2D eigenvalue weighted by Gasteiger charge is -2.45. The summed E-state index contributed by atoms with van der Waals surface area (Å²) in [7, 11) is 0. The van der Waals surface area contributed by atoms with Crippen molar-refractivity contribution in [2.45, 2.75) is 105 Å². The van der Waals surface area contributed by atoms with E-state index in [0.29, 0.717) is 0 Å². The predicted octanol–water partition coefficient (Wildman–Crippen LogP) is 14.0. The Kier molecular flexibility index (Phi) is 9.59. The molecule has 0 aliphatic carbocycles. The lowest BCUT2D eigenvalue weighted by Crippen LogP contribution is -2.61. The van der Waals surface area contributed by atoms with E-state index in [2.05, 4.69) is 245 Å². The summed E-state index contributed by atoms with van der Waals surface area (Å²) in [6.07, 6.45) is 0. The third-order valence-corrected chi connectivity index (χ3v) is 13.5. The molecule has 0 unspecified atom stereocenters. The molecule has 7 aromatic rings. The molecule has 3 heteroatoms. The monoisotopic (exact) mass is 796 g/mol. The molecule has 0 N–H and O–H groups in total. The van der Waals surface area contributed by atoms with Gasteiger partial charge in [0.05, 0.1) is 5.69 Å². The van der Waals surface area contributed by atoms with E-state index in [9.17, 15) is 0 Å². The second-order valence-electron chi connectivity index (χ2n) is 21.3. The van der Waals surface area contributed by atoms with E-state index >= 15 is 0 Å². The van der Waals surface area contributed by atoms with Crippen molar-refractivity contribution in [1.29, 1.82) is 0 Å². The van der Waals surface area contributed by atoms with Crippen molar-refractivity contribution in [1.82, 2.24) is 0 Å². The maximum atomic E-state index is 2.62. The fourth-order valence-corrected chi connectivity index (χ4v) is 9.70. The van der Waals surface area contributed by atoms with Crippen molar-refractivity contribution < 1.29 is 0 Å². The third-order valence-electron chi connectivity index (χ3n) is 13.5. The maximum absolute atomic E-state index is 2.62. The summed E-state index contributed by atoms with van der Waals surface area (Å²) >= 11 is 0. The van der Waals surface area contributed by atoms with Crippen molar-refractivity contribution in [2.24, 2.45) is 0 Å². The van der Waals surface area contributed by atoms with Crippen molar-refractivity contribution in [3.63, 3.8) is 0 Å². The average molecular weight is 797 g/mol. The van der Waals surface area contributed by atoms with Gasteiger partial charge in [0, 0.05) is 39.4 Å². The number of aryl methyl sites for hydroxylation is 1. The van der Waals surface area contributed by atoms with Gasteiger partial charge in [0.25, 0.3) is 6.71 Å². The van der Waals surface area contributed by atoms with Gasteiger partial charge >= 0.3 is 0 Å². The van der Waals surface area contributed by atoms with Crippen LogP contribution < -0.4 is 26.2 Å². The first-order chi connectivity index (χ1) is 28.8. The number of anilines is 6. The Morgan fingerprint density at radius 3 is 1.49 bits per heavy atom. The molecule has 2 nitrogen and oxygen atoms in total. The van der Waals surface area contributed by atoms with Gasteiger partial charge in [-0.2, -0.15) is 0 Å². The summed E-state index contributed by atoms with van der Waals surface area (Å²) in [4.78, 5) is 5.20. The zero-order valence-corrected chi connectivity index (χ0v) is 38.4. The Morgan fingerprint density at radius 2 is 0.869 bits per heavy atom. The van der Waals surface area contributed by atoms with Crippen LogP contribution in [-0.2, 0) is 21.7 Å². The van der Waals surface area contributed by atoms with Gasteiger partial charge in [-0.15, -0.1) is 0 Å². The normalized spacial score (nSPS) is 13.8. The van der Waals surface area contributed by atoms with Crippen LogP contribution in [-0.4, -0.2) is 6.71 Å². The Hall–Kier alpha value is -5.80. The molecule has 0 spiro atoms. The molecule has 2 heterocycles. The van der Waals surface area contributed by atoms with Crippen molar-refractivity contribution in [3.05, 3.63) is 185 Å². The van der Waals surface area contributed by atoms with Crippen LogP contribution >= 0.6 is 0 Å². The molecule has 9 rings (SSSR count). The van der Waals surface area contributed by atoms with Crippen LogP contribution in [0, 0.1) is 6.92 Å². The Balaban J connectivity index is 1.40. The SMILES string of the molecule is Cc1cc2c3c(c1)N(c1ccc(C(C)(C)C)cc1-c1ccccc1)c1cc(C(C)(C)c4ccccc4)ccc1B3c1ccc(C(C)(C)C)cc1N2c1cccc(C(C)(C)C)c1. The molecular weight excluding hydrogens is 735 g/mol. The number of benzene rings is 7. The Labute approximate surface area is 366 Å². The summed E-state index contributed by atoms with van der Waals surface area (Å²) in [5, 5.41) is 0. The molecule has 2 aliphatic heterocycles. The number of hydrogen-bond acceptors (Lipinski definition) is 2. The third kappa shape index (κ3) is 7.01. The highest BCUT2D eigenvalue weighted by atomic mass is 15.2. The van der Waals surface area contributed by atoms with Gasteiger partial charge < -0.3 is 9.80 Å². The molecule has 2 aliphatic rings. The highest BCUT2D eigenvalue weighted by Crippen LogP contribution is 2.49. The molecule has 0 aromatic heterocycles. The van der Waals surface area contributed by atoms with Gasteiger partial charge in [0.2, 0.25) is 0 Å². The molecular formula is C58H61BN2. The molecule has 0 radical (unpaired) electrons. The van der Waals surface area contributed by atoms with E-state index in [1.807, 2.05) is 0 Å². The quantitative estimate of drug-likeness (QED) is 0.160. The minimum absolute atomic E-state index is 0.00445. The van der Waals surface area contributed by atoms with Crippen LogP contribution in [0.1, 0.15) is 110 Å². The van der Waals surface area contributed by atoms with Gasteiger partial charge in [0.1, 0.15) is 0 Å². The van der Waals surface area contributed by atoms with E-state index in [4.69, 9.17) is 0 Å². The fraction of sp³-hybridized carbons (Fsp3) is 0.276. The summed E-state index contributed by atoms with van der Waals surface area (Å²) in [5.41, 5.74) is 21.4. The van der Waals surface area contributed by atoms with E-state index in [1.54, 1.807) is 0 Å². The van der Waals surface area contributed by atoms with Gasteiger partial charge in [-0.1, -0.05) is 179 Å². The van der Waals surface area contributed by atoms with E-state index in [0.717, 1.165) is 0 Å². The topological polar surface area (TPSA) is 6.48 Å². The number of rotatable bonds is 5. The van der Waals surface area contributed by atoms with Crippen molar-refractivity contribution in [2.75, 3.05) is 9.80 Å². The van der Waals surface area contributed by atoms with E-state index in [-0.39, 0.29) is 28.4 Å². The lowest BCUT2D eigenvalue weighted by molar-refractivity contribution is 0.590.